The quantitative estimate of drug-likeness (QED) is 0.216. The zero-order valence-electron chi connectivity index (χ0n) is 20.1. The van der Waals surface area contributed by atoms with Crippen LogP contribution in [0.2, 0.25) is 0 Å². The van der Waals surface area contributed by atoms with Gasteiger partial charge in [-0.15, -0.1) is 0 Å². The van der Waals surface area contributed by atoms with Crippen molar-refractivity contribution in [3.63, 3.8) is 0 Å². The summed E-state index contributed by atoms with van der Waals surface area (Å²) in [7, 11) is 0. The number of benzene rings is 2. The van der Waals surface area contributed by atoms with E-state index in [0.717, 1.165) is 51.8 Å². The van der Waals surface area contributed by atoms with Gasteiger partial charge in [0.25, 0.3) is 11.5 Å². The van der Waals surface area contributed by atoms with Crippen molar-refractivity contribution in [2.24, 2.45) is 0 Å². The van der Waals surface area contributed by atoms with Gasteiger partial charge in [0.2, 0.25) is 0 Å². The number of halogens is 1. The second kappa shape index (κ2) is 11.0. The molecule has 0 spiro atoms. The maximum atomic E-state index is 13.4. The van der Waals surface area contributed by atoms with Gasteiger partial charge in [0.1, 0.15) is 0 Å². The van der Waals surface area contributed by atoms with Crippen LogP contribution in [0.15, 0.2) is 47.3 Å². The molecule has 1 amide bonds. The number of hydrogen-bond acceptors (Lipinski definition) is 4. The molecule has 0 radical (unpaired) electrons. The molecule has 1 aliphatic carbocycles. The monoisotopic (exact) mass is 534 g/mol. The van der Waals surface area contributed by atoms with Crippen LogP contribution in [-0.2, 0) is 11.9 Å². The normalized spacial score (nSPS) is 13.6. The Kier molecular flexibility index (Phi) is 7.86. The Bertz CT molecular complexity index is 1310. The summed E-state index contributed by atoms with van der Waals surface area (Å²) in [5.41, 5.74) is 6.79. The lowest BCUT2D eigenvalue weighted by molar-refractivity contribution is 0.0950. The van der Waals surface area contributed by atoms with Crippen LogP contribution in [0.5, 0.6) is 0 Å². The van der Waals surface area contributed by atoms with Crippen molar-refractivity contribution in [2.45, 2.75) is 57.4 Å². The molecule has 6 nitrogen and oxygen atoms in total. The van der Waals surface area contributed by atoms with Gasteiger partial charge in [-0.3, -0.25) is 9.59 Å². The van der Waals surface area contributed by atoms with Crippen molar-refractivity contribution in [1.29, 1.82) is 5.41 Å². The molecule has 1 aliphatic rings. The number of alkyl halides is 1. The smallest absolute Gasteiger partial charge is 0.253 e. The van der Waals surface area contributed by atoms with Crippen LogP contribution >= 0.6 is 15.9 Å². The van der Waals surface area contributed by atoms with Gasteiger partial charge in [0.15, 0.2) is 0 Å². The van der Waals surface area contributed by atoms with Gasteiger partial charge in [-0.25, -0.2) is 0 Å². The summed E-state index contributed by atoms with van der Waals surface area (Å²) in [5, 5.41) is 15.4. The lowest BCUT2D eigenvalue weighted by Crippen LogP contribution is -2.29. The number of amides is 1. The fourth-order valence-electron chi connectivity index (χ4n) is 4.77. The van der Waals surface area contributed by atoms with Crippen molar-refractivity contribution in [3.8, 4) is 11.1 Å². The van der Waals surface area contributed by atoms with E-state index in [4.69, 9.17) is 5.41 Å². The third-order valence-electron chi connectivity index (χ3n) is 6.62. The van der Waals surface area contributed by atoms with E-state index in [0.29, 0.717) is 22.7 Å². The highest BCUT2D eigenvalue weighted by molar-refractivity contribution is 9.08. The summed E-state index contributed by atoms with van der Waals surface area (Å²) in [5.74, 6) is -0.309. The molecule has 7 heteroatoms. The van der Waals surface area contributed by atoms with Crippen LogP contribution in [-0.4, -0.2) is 23.1 Å². The van der Waals surface area contributed by atoms with Crippen molar-refractivity contribution >= 4 is 33.7 Å². The number of pyridine rings is 1. The first-order chi connectivity index (χ1) is 16.9. The van der Waals surface area contributed by atoms with Gasteiger partial charge in [-0.2, -0.15) is 0 Å². The van der Waals surface area contributed by atoms with Crippen LogP contribution in [0, 0.1) is 19.3 Å². The van der Waals surface area contributed by atoms with Gasteiger partial charge in [0.05, 0.1) is 5.56 Å². The Labute approximate surface area is 214 Å². The van der Waals surface area contributed by atoms with E-state index in [1.807, 2.05) is 44.2 Å². The van der Waals surface area contributed by atoms with Gasteiger partial charge in [0, 0.05) is 46.6 Å². The van der Waals surface area contributed by atoms with Crippen molar-refractivity contribution in [2.75, 3.05) is 5.32 Å². The molecule has 0 saturated heterocycles. The van der Waals surface area contributed by atoms with Crippen LogP contribution in [0.3, 0.4) is 0 Å². The third kappa shape index (κ3) is 5.73. The lowest BCUT2D eigenvalue weighted by Gasteiger charge is -2.20. The standard InChI is InChI=1S/C28H31BrN4O2/c1-17-10-18(2)32-28(35)25(17)16-31-27(34)23-12-21(20-7-5-6-19(11-20)14-29)13-26(24(23)15-30)33-22-8-3-4-9-22/h5-7,10-13,15,22,30,33H,3-4,8-9,14,16H2,1-2H3,(H,31,34)(H,32,35). The van der Waals surface area contributed by atoms with E-state index in [9.17, 15) is 9.59 Å². The third-order valence-corrected chi connectivity index (χ3v) is 7.27. The molecular formula is C28H31BrN4O2. The molecule has 2 aromatic carbocycles. The average Bonchev–Trinajstić information content (AvgIpc) is 3.36. The maximum absolute atomic E-state index is 13.4. The van der Waals surface area contributed by atoms with Crippen LogP contribution in [0.4, 0.5) is 5.69 Å². The highest BCUT2D eigenvalue weighted by Crippen LogP contribution is 2.32. The minimum absolute atomic E-state index is 0.117. The summed E-state index contributed by atoms with van der Waals surface area (Å²) in [6, 6.07) is 14.3. The van der Waals surface area contributed by atoms with Crippen molar-refractivity contribution < 1.29 is 4.79 Å². The van der Waals surface area contributed by atoms with Crippen LogP contribution in [0.1, 0.15) is 64.0 Å². The largest absolute Gasteiger partial charge is 0.382 e. The molecule has 35 heavy (non-hydrogen) atoms. The van der Waals surface area contributed by atoms with E-state index < -0.39 is 0 Å². The van der Waals surface area contributed by atoms with Gasteiger partial charge in [-0.1, -0.05) is 53.0 Å². The summed E-state index contributed by atoms with van der Waals surface area (Å²) >= 11 is 3.52. The minimum atomic E-state index is -0.309. The van der Waals surface area contributed by atoms with Crippen LogP contribution in [0.25, 0.3) is 11.1 Å². The number of carbonyl (C=O) groups is 1. The predicted octanol–water partition coefficient (Wildman–Crippen LogP) is 5.84. The molecule has 1 fully saturated rings. The van der Waals surface area contributed by atoms with Crippen molar-refractivity contribution in [1.82, 2.24) is 10.3 Å². The van der Waals surface area contributed by atoms with Crippen molar-refractivity contribution in [3.05, 3.63) is 86.3 Å². The molecule has 0 atom stereocenters. The highest BCUT2D eigenvalue weighted by atomic mass is 79.9. The predicted molar refractivity (Wildman–Crippen MR) is 146 cm³/mol. The molecule has 0 bridgehead atoms. The number of rotatable bonds is 8. The molecule has 4 rings (SSSR count). The van der Waals surface area contributed by atoms with E-state index in [1.165, 1.54) is 19.1 Å². The average molecular weight is 535 g/mol. The number of hydrogen-bond donors (Lipinski definition) is 4. The molecule has 1 heterocycles. The zero-order chi connectivity index (χ0) is 24.9. The summed E-state index contributed by atoms with van der Waals surface area (Å²) < 4.78 is 0. The molecule has 4 N–H and O–H groups in total. The Morgan fingerprint density at radius 1 is 1.14 bits per heavy atom. The second-order valence-electron chi connectivity index (χ2n) is 9.21. The minimum Gasteiger partial charge on any atom is -0.382 e. The first-order valence-corrected chi connectivity index (χ1v) is 13.1. The molecule has 3 aromatic rings. The fourth-order valence-corrected chi connectivity index (χ4v) is 5.12. The Hall–Kier alpha value is -3.19. The molecule has 0 unspecified atom stereocenters. The Balaban J connectivity index is 1.72. The lowest BCUT2D eigenvalue weighted by atomic mass is 9.95. The fraction of sp³-hybridized carbons (Fsp3) is 0.321. The number of H-pyrrole nitrogens is 1. The molecular weight excluding hydrogens is 504 g/mol. The van der Waals surface area contributed by atoms with Gasteiger partial charge in [-0.05, 0) is 67.1 Å². The first kappa shape index (κ1) is 24.9. The number of aromatic amines is 1. The first-order valence-electron chi connectivity index (χ1n) is 12.0. The molecule has 182 valence electrons. The van der Waals surface area contributed by atoms with Crippen LogP contribution < -0.4 is 16.2 Å². The Morgan fingerprint density at radius 3 is 2.60 bits per heavy atom. The number of nitrogens with one attached hydrogen (secondary N) is 4. The second-order valence-corrected chi connectivity index (χ2v) is 9.78. The van der Waals surface area contributed by atoms with E-state index in [2.05, 4.69) is 43.7 Å². The topological polar surface area (TPSA) is 97.8 Å². The summed E-state index contributed by atoms with van der Waals surface area (Å²) in [4.78, 5) is 28.6. The number of carbonyl (C=O) groups excluding carboxylic acids is 1. The van der Waals surface area contributed by atoms with E-state index in [-0.39, 0.29) is 18.0 Å². The van der Waals surface area contributed by atoms with Gasteiger partial charge < -0.3 is 21.0 Å². The molecule has 1 saturated carbocycles. The summed E-state index contributed by atoms with van der Waals surface area (Å²) in [6.07, 6.45) is 5.77. The number of aryl methyl sites for hydroxylation is 2. The number of aromatic nitrogens is 1. The van der Waals surface area contributed by atoms with Gasteiger partial charge >= 0.3 is 0 Å². The molecule has 1 aromatic heterocycles. The maximum Gasteiger partial charge on any atom is 0.253 e. The van der Waals surface area contributed by atoms with E-state index >= 15 is 0 Å². The molecule has 0 aliphatic heterocycles. The zero-order valence-corrected chi connectivity index (χ0v) is 21.7. The Morgan fingerprint density at radius 2 is 1.91 bits per heavy atom. The highest BCUT2D eigenvalue weighted by Gasteiger charge is 2.21. The number of anilines is 1. The van der Waals surface area contributed by atoms with E-state index in [1.54, 1.807) is 0 Å². The SMILES string of the molecule is Cc1cc(C)c(CNC(=O)c2cc(-c3cccc(CBr)c3)cc(NC3CCCC3)c2C=N)c(=O)[nH]1. The summed E-state index contributed by atoms with van der Waals surface area (Å²) in [6.45, 7) is 3.82.